The van der Waals surface area contributed by atoms with Crippen molar-refractivity contribution in [3.8, 4) is 0 Å². The molecule has 3 rings (SSSR count). The van der Waals surface area contributed by atoms with E-state index in [4.69, 9.17) is 10.7 Å². The Labute approximate surface area is 108 Å². The number of fused-ring (bicyclic) bond motifs is 1. The SMILES string of the molecule is CC(C)N1CCC(c2nc3n(n2)CCC(N)C3)C1. The first-order chi connectivity index (χ1) is 8.63. The van der Waals surface area contributed by atoms with E-state index in [1.165, 1.54) is 13.0 Å². The zero-order chi connectivity index (χ0) is 12.7. The Balaban J connectivity index is 1.74. The molecule has 5 nitrogen and oxygen atoms in total. The first kappa shape index (κ1) is 12.1. The van der Waals surface area contributed by atoms with Gasteiger partial charge in [-0.3, -0.25) is 0 Å². The lowest BCUT2D eigenvalue weighted by Crippen LogP contribution is -2.31. The molecule has 1 aromatic rings. The van der Waals surface area contributed by atoms with Gasteiger partial charge in [0.2, 0.25) is 0 Å². The zero-order valence-corrected chi connectivity index (χ0v) is 11.3. The number of rotatable bonds is 2. The molecule has 0 bridgehead atoms. The van der Waals surface area contributed by atoms with Gasteiger partial charge < -0.3 is 10.6 Å². The van der Waals surface area contributed by atoms with Crippen molar-refractivity contribution in [2.24, 2.45) is 5.73 Å². The van der Waals surface area contributed by atoms with Crippen LogP contribution < -0.4 is 5.73 Å². The highest BCUT2D eigenvalue weighted by molar-refractivity contribution is 5.06. The fourth-order valence-electron chi connectivity index (χ4n) is 2.99. The minimum absolute atomic E-state index is 0.269. The molecule has 1 saturated heterocycles. The zero-order valence-electron chi connectivity index (χ0n) is 11.3. The normalized spacial score (nSPS) is 28.9. The van der Waals surface area contributed by atoms with Crippen molar-refractivity contribution in [2.75, 3.05) is 13.1 Å². The molecule has 0 spiro atoms. The number of nitrogens with two attached hydrogens (primary N) is 1. The van der Waals surface area contributed by atoms with Crippen molar-refractivity contribution in [1.82, 2.24) is 19.7 Å². The highest BCUT2D eigenvalue weighted by atomic mass is 15.4. The third-order valence-electron chi connectivity index (χ3n) is 4.24. The van der Waals surface area contributed by atoms with Gasteiger partial charge in [-0.05, 0) is 33.2 Å². The Morgan fingerprint density at radius 3 is 2.83 bits per heavy atom. The summed E-state index contributed by atoms with van der Waals surface area (Å²) in [6, 6.07) is 0.894. The maximum Gasteiger partial charge on any atom is 0.155 e. The first-order valence-corrected chi connectivity index (χ1v) is 7.06. The van der Waals surface area contributed by atoms with E-state index in [9.17, 15) is 0 Å². The van der Waals surface area contributed by atoms with Crippen LogP contribution in [-0.2, 0) is 13.0 Å². The van der Waals surface area contributed by atoms with Crippen LogP contribution in [-0.4, -0.2) is 44.8 Å². The van der Waals surface area contributed by atoms with E-state index in [-0.39, 0.29) is 6.04 Å². The van der Waals surface area contributed by atoms with Crippen LogP contribution in [0, 0.1) is 0 Å². The summed E-state index contributed by atoms with van der Waals surface area (Å²) in [5, 5.41) is 4.68. The van der Waals surface area contributed by atoms with Crippen LogP contribution >= 0.6 is 0 Å². The predicted molar refractivity (Wildman–Crippen MR) is 70.4 cm³/mol. The smallest absolute Gasteiger partial charge is 0.155 e. The summed E-state index contributed by atoms with van der Waals surface area (Å²) in [7, 11) is 0. The summed E-state index contributed by atoms with van der Waals surface area (Å²) < 4.78 is 2.07. The topological polar surface area (TPSA) is 60.0 Å². The van der Waals surface area contributed by atoms with Crippen LogP contribution in [0.2, 0.25) is 0 Å². The Hall–Kier alpha value is -0.940. The molecule has 3 heterocycles. The van der Waals surface area contributed by atoms with Crippen molar-refractivity contribution < 1.29 is 0 Å². The lowest BCUT2D eigenvalue weighted by molar-refractivity contribution is 0.272. The number of aromatic nitrogens is 3. The molecule has 100 valence electrons. The summed E-state index contributed by atoms with van der Waals surface area (Å²) in [5.74, 6) is 2.65. The Morgan fingerprint density at radius 2 is 2.11 bits per heavy atom. The molecule has 0 saturated carbocycles. The molecule has 2 aliphatic heterocycles. The summed E-state index contributed by atoms with van der Waals surface area (Å²) in [6.45, 7) is 7.73. The van der Waals surface area contributed by atoms with E-state index >= 15 is 0 Å². The third-order valence-corrected chi connectivity index (χ3v) is 4.24. The molecule has 0 amide bonds. The molecule has 1 fully saturated rings. The largest absolute Gasteiger partial charge is 0.327 e. The minimum Gasteiger partial charge on any atom is -0.327 e. The summed E-state index contributed by atoms with van der Waals surface area (Å²) in [6.07, 6.45) is 3.10. The molecule has 2 N–H and O–H groups in total. The standard InChI is InChI=1S/C13H23N5/c1-9(2)17-5-3-10(8-17)13-15-12-7-11(14)4-6-18(12)16-13/h9-11H,3-8,14H2,1-2H3. The van der Waals surface area contributed by atoms with Gasteiger partial charge in [-0.25, -0.2) is 9.67 Å². The molecular formula is C13H23N5. The lowest BCUT2D eigenvalue weighted by atomic mass is 10.1. The number of nitrogens with zero attached hydrogens (tertiary/aromatic N) is 4. The molecule has 2 atom stereocenters. The molecule has 2 unspecified atom stereocenters. The third kappa shape index (κ3) is 2.17. The van der Waals surface area contributed by atoms with Crippen molar-refractivity contribution >= 4 is 0 Å². The van der Waals surface area contributed by atoms with E-state index in [0.717, 1.165) is 37.6 Å². The van der Waals surface area contributed by atoms with E-state index in [0.29, 0.717) is 12.0 Å². The van der Waals surface area contributed by atoms with E-state index in [2.05, 4.69) is 28.5 Å². The first-order valence-electron chi connectivity index (χ1n) is 7.06. The van der Waals surface area contributed by atoms with Crippen LogP contribution in [0.3, 0.4) is 0 Å². The molecule has 18 heavy (non-hydrogen) atoms. The maximum absolute atomic E-state index is 5.98. The van der Waals surface area contributed by atoms with Gasteiger partial charge >= 0.3 is 0 Å². The second kappa shape index (κ2) is 4.63. The van der Waals surface area contributed by atoms with Gasteiger partial charge in [0.1, 0.15) is 5.82 Å². The van der Waals surface area contributed by atoms with Crippen molar-refractivity contribution in [3.05, 3.63) is 11.6 Å². The van der Waals surface area contributed by atoms with Gasteiger partial charge in [-0.2, -0.15) is 5.10 Å². The average molecular weight is 249 g/mol. The molecule has 0 aliphatic carbocycles. The molecule has 2 aliphatic rings. The molecule has 0 radical (unpaired) electrons. The summed E-state index contributed by atoms with van der Waals surface area (Å²) >= 11 is 0. The number of hydrogen-bond acceptors (Lipinski definition) is 4. The lowest BCUT2D eigenvalue weighted by Gasteiger charge is -2.19. The average Bonchev–Trinajstić information content (AvgIpc) is 2.93. The highest BCUT2D eigenvalue weighted by Crippen LogP contribution is 2.27. The van der Waals surface area contributed by atoms with Crippen LogP contribution in [0.15, 0.2) is 0 Å². The van der Waals surface area contributed by atoms with Crippen LogP contribution in [0.5, 0.6) is 0 Å². The van der Waals surface area contributed by atoms with E-state index < -0.39 is 0 Å². The Morgan fingerprint density at radius 1 is 1.28 bits per heavy atom. The predicted octanol–water partition coefficient (Wildman–Crippen LogP) is 0.749. The van der Waals surface area contributed by atoms with Gasteiger partial charge in [0.15, 0.2) is 5.82 Å². The van der Waals surface area contributed by atoms with Crippen LogP contribution in [0.4, 0.5) is 0 Å². The molecular weight excluding hydrogens is 226 g/mol. The Bertz CT molecular complexity index is 425. The van der Waals surface area contributed by atoms with Gasteiger partial charge in [-0.1, -0.05) is 0 Å². The molecule has 1 aromatic heterocycles. The van der Waals surface area contributed by atoms with Gasteiger partial charge in [0.05, 0.1) is 0 Å². The summed E-state index contributed by atoms with van der Waals surface area (Å²) in [4.78, 5) is 7.23. The Kier molecular flexibility index (Phi) is 3.11. The van der Waals surface area contributed by atoms with Gasteiger partial charge in [0, 0.05) is 37.5 Å². The number of aryl methyl sites for hydroxylation is 1. The fourth-order valence-corrected chi connectivity index (χ4v) is 2.99. The van der Waals surface area contributed by atoms with Crippen LogP contribution in [0.1, 0.15) is 44.3 Å². The fraction of sp³-hybridized carbons (Fsp3) is 0.846. The number of likely N-dealkylation sites (tertiary alicyclic amines) is 1. The van der Waals surface area contributed by atoms with E-state index in [1.54, 1.807) is 0 Å². The van der Waals surface area contributed by atoms with Gasteiger partial charge in [0.25, 0.3) is 0 Å². The maximum atomic E-state index is 5.98. The molecule has 5 heteroatoms. The van der Waals surface area contributed by atoms with Crippen molar-refractivity contribution in [1.29, 1.82) is 0 Å². The van der Waals surface area contributed by atoms with E-state index in [1.807, 2.05) is 0 Å². The monoisotopic (exact) mass is 249 g/mol. The minimum atomic E-state index is 0.269. The highest BCUT2D eigenvalue weighted by Gasteiger charge is 2.30. The van der Waals surface area contributed by atoms with Crippen LogP contribution in [0.25, 0.3) is 0 Å². The van der Waals surface area contributed by atoms with Gasteiger partial charge in [-0.15, -0.1) is 0 Å². The number of hydrogen-bond donors (Lipinski definition) is 1. The quantitative estimate of drug-likeness (QED) is 0.840. The molecule has 0 aromatic carbocycles. The van der Waals surface area contributed by atoms with Crippen molar-refractivity contribution in [2.45, 2.75) is 57.7 Å². The van der Waals surface area contributed by atoms with Crippen molar-refractivity contribution in [3.63, 3.8) is 0 Å². The second-order valence-electron chi connectivity index (χ2n) is 5.94. The summed E-state index contributed by atoms with van der Waals surface area (Å²) in [5.41, 5.74) is 5.98. The second-order valence-corrected chi connectivity index (χ2v) is 5.94.